The van der Waals surface area contributed by atoms with Crippen molar-refractivity contribution in [3.63, 3.8) is 0 Å². The summed E-state index contributed by atoms with van der Waals surface area (Å²) in [6.07, 6.45) is -0.691. The Kier molecular flexibility index (Phi) is 4.90. The quantitative estimate of drug-likeness (QED) is 0.732. The molecule has 0 saturated carbocycles. The van der Waals surface area contributed by atoms with Crippen LogP contribution in [0.5, 0.6) is 0 Å². The van der Waals surface area contributed by atoms with Crippen molar-refractivity contribution in [2.45, 2.75) is 12.1 Å². The molecule has 3 nitrogen and oxygen atoms in total. The molecule has 0 saturated heterocycles. The second-order valence-electron chi connectivity index (χ2n) is 5.58. The van der Waals surface area contributed by atoms with Crippen LogP contribution in [-0.4, -0.2) is 5.11 Å². The molecular formula is C21H18N2O. The first-order chi connectivity index (χ1) is 11.8. The maximum Gasteiger partial charge on any atom is 0.103 e. The first kappa shape index (κ1) is 15.8. The molecule has 3 heteroatoms. The fraction of sp³-hybridized carbons (Fsp3) is 0.0952. The number of hydrogen-bond donors (Lipinski definition) is 2. The maximum atomic E-state index is 10.9. The Morgan fingerprint density at radius 3 is 1.83 bits per heavy atom. The minimum Gasteiger partial charge on any atom is -0.386 e. The Bertz CT molecular complexity index is 808. The molecule has 0 aliphatic heterocycles. The van der Waals surface area contributed by atoms with Gasteiger partial charge in [0.05, 0.1) is 17.7 Å². The molecule has 0 aliphatic rings. The number of benzene rings is 3. The fourth-order valence-electron chi connectivity index (χ4n) is 2.67. The van der Waals surface area contributed by atoms with Gasteiger partial charge in [0.1, 0.15) is 6.10 Å². The highest BCUT2D eigenvalue weighted by Gasteiger charge is 2.22. The average molecular weight is 314 g/mol. The van der Waals surface area contributed by atoms with Gasteiger partial charge in [0.15, 0.2) is 0 Å². The van der Waals surface area contributed by atoms with Crippen molar-refractivity contribution >= 4 is 5.69 Å². The number of nitrogens with zero attached hydrogens (tertiary/aromatic N) is 1. The summed E-state index contributed by atoms with van der Waals surface area (Å²) in [5.74, 6) is 0. The molecule has 3 aromatic carbocycles. The molecule has 24 heavy (non-hydrogen) atoms. The van der Waals surface area contributed by atoms with Gasteiger partial charge in [-0.2, -0.15) is 5.26 Å². The van der Waals surface area contributed by atoms with Crippen molar-refractivity contribution in [3.05, 3.63) is 102 Å². The molecule has 3 aromatic rings. The Morgan fingerprint density at radius 1 is 0.750 bits per heavy atom. The summed E-state index contributed by atoms with van der Waals surface area (Å²) in [6, 6.07) is 28.5. The van der Waals surface area contributed by atoms with E-state index in [1.165, 1.54) is 0 Å². The van der Waals surface area contributed by atoms with Crippen LogP contribution in [0.1, 0.15) is 28.8 Å². The number of nitriles is 1. The molecule has 118 valence electrons. The number of hydrogen-bond acceptors (Lipinski definition) is 3. The summed E-state index contributed by atoms with van der Waals surface area (Å²) in [6.45, 7) is 0. The molecule has 0 aromatic heterocycles. The third-order valence-electron chi connectivity index (χ3n) is 3.95. The Labute approximate surface area is 141 Å². The van der Waals surface area contributed by atoms with E-state index in [1.807, 2.05) is 72.8 Å². The van der Waals surface area contributed by atoms with E-state index in [4.69, 9.17) is 5.26 Å². The van der Waals surface area contributed by atoms with Crippen LogP contribution in [0, 0.1) is 11.3 Å². The number of rotatable bonds is 5. The van der Waals surface area contributed by atoms with E-state index in [1.54, 1.807) is 12.1 Å². The van der Waals surface area contributed by atoms with Crippen molar-refractivity contribution < 1.29 is 5.11 Å². The molecule has 2 atom stereocenters. The molecular weight excluding hydrogens is 296 g/mol. The van der Waals surface area contributed by atoms with Crippen molar-refractivity contribution in [2.24, 2.45) is 0 Å². The predicted octanol–water partition coefficient (Wildman–Crippen LogP) is 4.45. The van der Waals surface area contributed by atoms with Crippen LogP contribution in [0.15, 0.2) is 84.9 Å². The van der Waals surface area contributed by atoms with E-state index in [0.29, 0.717) is 5.56 Å². The van der Waals surface area contributed by atoms with Gasteiger partial charge in [-0.15, -0.1) is 0 Å². The number of nitrogens with one attached hydrogen (secondary N) is 1. The van der Waals surface area contributed by atoms with E-state index in [2.05, 4.69) is 11.4 Å². The first-order valence-corrected chi connectivity index (χ1v) is 7.82. The van der Waals surface area contributed by atoms with Crippen molar-refractivity contribution in [1.82, 2.24) is 0 Å². The summed E-state index contributed by atoms with van der Waals surface area (Å²) >= 11 is 0. The van der Waals surface area contributed by atoms with E-state index in [0.717, 1.165) is 16.8 Å². The summed E-state index contributed by atoms with van der Waals surface area (Å²) < 4.78 is 0. The lowest BCUT2D eigenvalue weighted by Gasteiger charge is -2.26. The van der Waals surface area contributed by atoms with Crippen LogP contribution in [0.2, 0.25) is 0 Å². The normalized spacial score (nSPS) is 12.8. The van der Waals surface area contributed by atoms with Crippen LogP contribution in [0.4, 0.5) is 5.69 Å². The fourth-order valence-corrected chi connectivity index (χ4v) is 2.67. The first-order valence-electron chi connectivity index (χ1n) is 7.82. The van der Waals surface area contributed by atoms with E-state index < -0.39 is 6.10 Å². The summed E-state index contributed by atoms with van der Waals surface area (Å²) in [4.78, 5) is 0. The van der Waals surface area contributed by atoms with Gasteiger partial charge >= 0.3 is 0 Å². The lowest BCUT2D eigenvalue weighted by molar-refractivity contribution is 0.155. The van der Waals surface area contributed by atoms with Gasteiger partial charge in [0.2, 0.25) is 0 Å². The standard InChI is InChI=1S/C21H18N2O/c22-15-16-11-13-19(14-12-16)23-20(17-7-3-1-4-8-17)21(24)18-9-5-2-6-10-18/h1-14,20-21,23-24H/t20-,21+/m1/s1. The van der Waals surface area contributed by atoms with Gasteiger partial charge in [0, 0.05) is 5.69 Å². The zero-order valence-electron chi connectivity index (χ0n) is 13.1. The van der Waals surface area contributed by atoms with Gasteiger partial charge in [-0.3, -0.25) is 0 Å². The molecule has 0 fully saturated rings. The predicted molar refractivity (Wildman–Crippen MR) is 95.4 cm³/mol. The topological polar surface area (TPSA) is 56.0 Å². The third kappa shape index (κ3) is 3.62. The summed E-state index contributed by atoms with van der Waals surface area (Å²) in [5.41, 5.74) is 3.32. The largest absolute Gasteiger partial charge is 0.386 e. The van der Waals surface area contributed by atoms with Crippen LogP contribution in [-0.2, 0) is 0 Å². The van der Waals surface area contributed by atoms with Crippen molar-refractivity contribution in [2.75, 3.05) is 5.32 Å². The lowest BCUT2D eigenvalue weighted by Crippen LogP contribution is -2.19. The smallest absolute Gasteiger partial charge is 0.103 e. The zero-order chi connectivity index (χ0) is 16.8. The molecule has 0 heterocycles. The third-order valence-corrected chi connectivity index (χ3v) is 3.95. The highest BCUT2D eigenvalue weighted by Crippen LogP contribution is 2.32. The van der Waals surface area contributed by atoms with Crippen LogP contribution < -0.4 is 5.32 Å². The highest BCUT2D eigenvalue weighted by atomic mass is 16.3. The SMILES string of the molecule is N#Cc1ccc(N[C@H](c2ccccc2)[C@@H](O)c2ccccc2)cc1. The number of aliphatic hydroxyl groups excluding tert-OH is 1. The second-order valence-corrected chi connectivity index (χ2v) is 5.58. The minimum atomic E-state index is -0.691. The summed E-state index contributed by atoms with van der Waals surface area (Å²) in [7, 11) is 0. The molecule has 0 spiro atoms. The molecule has 0 amide bonds. The zero-order valence-corrected chi connectivity index (χ0v) is 13.1. The molecule has 2 N–H and O–H groups in total. The lowest BCUT2D eigenvalue weighted by atomic mass is 9.95. The van der Waals surface area contributed by atoms with Gasteiger partial charge in [0.25, 0.3) is 0 Å². The van der Waals surface area contributed by atoms with Crippen LogP contribution >= 0.6 is 0 Å². The Morgan fingerprint density at radius 2 is 1.29 bits per heavy atom. The molecule has 0 unspecified atom stereocenters. The van der Waals surface area contributed by atoms with Gasteiger partial charge in [-0.05, 0) is 35.4 Å². The maximum absolute atomic E-state index is 10.9. The van der Waals surface area contributed by atoms with Crippen LogP contribution in [0.25, 0.3) is 0 Å². The van der Waals surface area contributed by atoms with E-state index in [-0.39, 0.29) is 6.04 Å². The van der Waals surface area contributed by atoms with Crippen molar-refractivity contribution in [1.29, 1.82) is 5.26 Å². The molecule has 0 radical (unpaired) electrons. The number of aliphatic hydroxyl groups is 1. The number of anilines is 1. The molecule has 3 rings (SSSR count). The van der Waals surface area contributed by atoms with Gasteiger partial charge in [-0.25, -0.2) is 0 Å². The highest BCUT2D eigenvalue weighted by molar-refractivity contribution is 5.49. The molecule has 0 aliphatic carbocycles. The van der Waals surface area contributed by atoms with E-state index >= 15 is 0 Å². The Hall–Kier alpha value is -3.09. The minimum absolute atomic E-state index is 0.290. The molecule has 0 bridgehead atoms. The van der Waals surface area contributed by atoms with Crippen LogP contribution in [0.3, 0.4) is 0 Å². The van der Waals surface area contributed by atoms with Gasteiger partial charge in [-0.1, -0.05) is 60.7 Å². The average Bonchev–Trinajstić information content (AvgIpc) is 2.67. The monoisotopic (exact) mass is 314 g/mol. The van der Waals surface area contributed by atoms with Gasteiger partial charge < -0.3 is 10.4 Å². The summed E-state index contributed by atoms with van der Waals surface area (Å²) in [5, 5.41) is 23.2. The van der Waals surface area contributed by atoms with Crippen molar-refractivity contribution in [3.8, 4) is 6.07 Å². The second kappa shape index (κ2) is 7.45. The van der Waals surface area contributed by atoms with E-state index in [9.17, 15) is 5.11 Å². The Balaban J connectivity index is 1.91.